The molecule has 4 N–H and O–H groups in total. The fourth-order valence-corrected chi connectivity index (χ4v) is 1.61. The number of rotatable bonds is 11. The van der Waals surface area contributed by atoms with Crippen LogP contribution in [0.2, 0.25) is 0 Å². The SMILES string of the molecule is CC(C)(CCNC=O)OCCC(C)(C)C(=O)NCC(N)=O. The number of primary amides is 1. The molecule has 0 fully saturated rings. The molecular formula is C14H27N3O4. The normalized spacial score (nSPS) is 11.8. The minimum absolute atomic E-state index is 0.161. The lowest BCUT2D eigenvalue weighted by molar-refractivity contribution is -0.133. The lowest BCUT2D eigenvalue weighted by atomic mass is 9.88. The molecule has 0 heterocycles. The van der Waals surface area contributed by atoms with Gasteiger partial charge in [-0.25, -0.2) is 0 Å². The van der Waals surface area contributed by atoms with E-state index in [9.17, 15) is 14.4 Å². The van der Waals surface area contributed by atoms with Crippen LogP contribution in [0.25, 0.3) is 0 Å². The van der Waals surface area contributed by atoms with E-state index in [0.29, 0.717) is 32.4 Å². The Labute approximate surface area is 126 Å². The van der Waals surface area contributed by atoms with E-state index in [1.807, 2.05) is 13.8 Å². The van der Waals surface area contributed by atoms with Crippen LogP contribution in [0, 0.1) is 5.41 Å². The molecule has 7 nitrogen and oxygen atoms in total. The van der Waals surface area contributed by atoms with Crippen LogP contribution in [-0.4, -0.2) is 43.5 Å². The molecule has 0 aliphatic rings. The highest BCUT2D eigenvalue weighted by molar-refractivity contribution is 5.86. The number of nitrogens with two attached hydrogens (primary N) is 1. The molecule has 3 amide bonds. The Morgan fingerprint density at radius 2 is 1.81 bits per heavy atom. The minimum Gasteiger partial charge on any atom is -0.375 e. The molecule has 0 aromatic rings. The molecule has 0 aliphatic carbocycles. The van der Waals surface area contributed by atoms with E-state index in [4.69, 9.17) is 10.5 Å². The van der Waals surface area contributed by atoms with Crippen molar-refractivity contribution in [3.8, 4) is 0 Å². The zero-order valence-electron chi connectivity index (χ0n) is 13.3. The summed E-state index contributed by atoms with van der Waals surface area (Å²) < 4.78 is 5.76. The summed E-state index contributed by atoms with van der Waals surface area (Å²) >= 11 is 0. The van der Waals surface area contributed by atoms with Crippen LogP contribution in [0.15, 0.2) is 0 Å². The first-order valence-corrected chi connectivity index (χ1v) is 6.98. The maximum absolute atomic E-state index is 11.9. The highest BCUT2D eigenvalue weighted by Crippen LogP contribution is 2.23. The molecule has 0 radical (unpaired) electrons. The molecule has 0 atom stereocenters. The maximum atomic E-state index is 11.9. The molecule has 0 bridgehead atoms. The van der Waals surface area contributed by atoms with Gasteiger partial charge in [0.15, 0.2) is 0 Å². The summed E-state index contributed by atoms with van der Waals surface area (Å²) in [6, 6.07) is 0. The average Bonchev–Trinajstić information content (AvgIpc) is 2.35. The van der Waals surface area contributed by atoms with Gasteiger partial charge in [-0.2, -0.15) is 0 Å². The Morgan fingerprint density at radius 3 is 2.33 bits per heavy atom. The van der Waals surface area contributed by atoms with Gasteiger partial charge in [0.25, 0.3) is 0 Å². The third-order valence-electron chi connectivity index (χ3n) is 3.21. The van der Waals surface area contributed by atoms with Crippen LogP contribution in [0.4, 0.5) is 0 Å². The number of ether oxygens (including phenoxy) is 1. The van der Waals surface area contributed by atoms with E-state index in [0.717, 1.165) is 0 Å². The van der Waals surface area contributed by atoms with Crippen molar-refractivity contribution in [2.24, 2.45) is 11.1 Å². The summed E-state index contributed by atoms with van der Waals surface area (Å²) in [6.45, 7) is 8.22. The second-order valence-corrected chi connectivity index (χ2v) is 6.21. The summed E-state index contributed by atoms with van der Waals surface area (Å²) in [5.41, 5.74) is 3.96. The van der Waals surface area contributed by atoms with Gasteiger partial charge < -0.3 is 21.1 Å². The molecule has 0 saturated carbocycles. The molecule has 0 aromatic heterocycles. The van der Waals surface area contributed by atoms with Crippen LogP contribution >= 0.6 is 0 Å². The molecule has 0 spiro atoms. The number of carbonyl (C=O) groups excluding carboxylic acids is 3. The molecule has 0 aromatic carbocycles. The summed E-state index contributed by atoms with van der Waals surface area (Å²) in [5.74, 6) is -0.801. The van der Waals surface area contributed by atoms with Gasteiger partial charge in [0.1, 0.15) is 0 Å². The van der Waals surface area contributed by atoms with Gasteiger partial charge in [-0.1, -0.05) is 13.8 Å². The number of hydrogen-bond acceptors (Lipinski definition) is 4. The molecule has 0 rings (SSSR count). The Balaban J connectivity index is 4.14. The maximum Gasteiger partial charge on any atom is 0.236 e. The molecule has 0 unspecified atom stereocenters. The Hall–Kier alpha value is -1.63. The van der Waals surface area contributed by atoms with E-state index in [-0.39, 0.29) is 18.1 Å². The van der Waals surface area contributed by atoms with Gasteiger partial charge in [-0.15, -0.1) is 0 Å². The Kier molecular flexibility index (Phi) is 7.94. The van der Waals surface area contributed by atoms with E-state index in [2.05, 4.69) is 10.6 Å². The smallest absolute Gasteiger partial charge is 0.236 e. The van der Waals surface area contributed by atoms with Crippen molar-refractivity contribution in [3.05, 3.63) is 0 Å². The first kappa shape index (κ1) is 19.4. The van der Waals surface area contributed by atoms with Gasteiger partial charge in [-0.05, 0) is 26.7 Å². The largest absolute Gasteiger partial charge is 0.375 e. The third kappa shape index (κ3) is 9.01. The van der Waals surface area contributed by atoms with Gasteiger partial charge in [-0.3, -0.25) is 14.4 Å². The van der Waals surface area contributed by atoms with Crippen molar-refractivity contribution >= 4 is 18.2 Å². The van der Waals surface area contributed by atoms with Crippen molar-refractivity contribution < 1.29 is 19.1 Å². The third-order valence-corrected chi connectivity index (χ3v) is 3.21. The topological polar surface area (TPSA) is 111 Å². The standard InChI is InChI=1S/C14H27N3O4/c1-13(2,12(20)17-9-11(15)19)6-8-21-14(3,4)5-7-16-10-18/h10H,5-9H2,1-4H3,(H2,15,19)(H,16,18)(H,17,20). The Morgan fingerprint density at radius 1 is 1.19 bits per heavy atom. The second kappa shape index (κ2) is 8.61. The van der Waals surface area contributed by atoms with Crippen LogP contribution in [-0.2, 0) is 19.1 Å². The van der Waals surface area contributed by atoms with Crippen molar-refractivity contribution in [1.29, 1.82) is 0 Å². The van der Waals surface area contributed by atoms with E-state index >= 15 is 0 Å². The fraction of sp³-hybridized carbons (Fsp3) is 0.786. The zero-order valence-corrected chi connectivity index (χ0v) is 13.3. The molecule has 0 saturated heterocycles. The van der Waals surface area contributed by atoms with E-state index < -0.39 is 11.3 Å². The predicted molar refractivity (Wildman–Crippen MR) is 79.3 cm³/mol. The van der Waals surface area contributed by atoms with Gasteiger partial charge in [0, 0.05) is 18.6 Å². The van der Waals surface area contributed by atoms with E-state index in [1.165, 1.54) is 0 Å². The summed E-state index contributed by atoms with van der Waals surface area (Å²) in [4.78, 5) is 32.8. The van der Waals surface area contributed by atoms with Gasteiger partial charge in [0.05, 0.1) is 12.1 Å². The molecule has 122 valence electrons. The van der Waals surface area contributed by atoms with Gasteiger partial charge >= 0.3 is 0 Å². The molecule has 21 heavy (non-hydrogen) atoms. The fourth-order valence-electron chi connectivity index (χ4n) is 1.61. The van der Waals surface area contributed by atoms with Crippen molar-refractivity contribution in [3.63, 3.8) is 0 Å². The first-order chi connectivity index (χ1) is 9.60. The number of hydrogen-bond donors (Lipinski definition) is 3. The van der Waals surface area contributed by atoms with Crippen LogP contribution in [0.1, 0.15) is 40.5 Å². The number of amides is 3. The minimum atomic E-state index is -0.646. The zero-order chi connectivity index (χ0) is 16.5. The number of nitrogens with one attached hydrogen (secondary N) is 2. The van der Waals surface area contributed by atoms with Crippen LogP contribution < -0.4 is 16.4 Å². The van der Waals surface area contributed by atoms with Crippen molar-refractivity contribution in [2.75, 3.05) is 19.7 Å². The van der Waals surface area contributed by atoms with Crippen molar-refractivity contribution in [1.82, 2.24) is 10.6 Å². The lowest BCUT2D eigenvalue weighted by Gasteiger charge is -2.28. The lowest BCUT2D eigenvalue weighted by Crippen LogP contribution is -2.42. The summed E-state index contributed by atoms with van der Waals surface area (Å²) in [6.07, 6.45) is 1.85. The summed E-state index contributed by atoms with van der Waals surface area (Å²) in [7, 11) is 0. The van der Waals surface area contributed by atoms with Crippen molar-refractivity contribution in [2.45, 2.75) is 46.1 Å². The predicted octanol–water partition coefficient (Wildman–Crippen LogP) is -0.0645. The molecule has 7 heteroatoms. The molecule has 0 aliphatic heterocycles. The second-order valence-electron chi connectivity index (χ2n) is 6.21. The monoisotopic (exact) mass is 301 g/mol. The first-order valence-electron chi connectivity index (χ1n) is 6.98. The Bertz CT molecular complexity index is 367. The average molecular weight is 301 g/mol. The highest BCUT2D eigenvalue weighted by Gasteiger charge is 2.28. The van der Waals surface area contributed by atoms with Crippen LogP contribution in [0.3, 0.4) is 0 Å². The number of carbonyl (C=O) groups is 3. The van der Waals surface area contributed by atoms with Crippen LogP contribution in [0.5, 0.6) is 0 Å². The highest BCUT2D eigenvalue weighted by atomic mass is 16.5. The van der Waals surface area contributed by atoms with E-state index in [1.54, 1.807) is 13.8 Å². The quantitative estimate of drug-likeness (QED) is 0.366. The summed E-state index contributed by atoms with van der Waals surface area (Å²) in [5, 5.41) is 5.08. The van der Waals surface area contributed by atoms with Gasteiger partial charge in [0.2, 0.25) is 18.2 Å². The molecular weight excluding hydrogens is 274 g/mol.